The van der Waals surface area contributed by atoms with Crippen molar-refractivity contribution >= 4 is 23.2 Å². The Morgan fingerprint density at radius 2 is 2.46 bits per heavy atom. The highest BCUT2D eigenvalue weighted by atomic mass is 35.5. The van der Waals surface area contributed by atoms with Crippen LogP contribution in [-0.4, -0.2) is 21.8 Å². The molecule has 1 aromatic rings. The molecule has 2 rings (SSSR count). The van der Waals surface area contributed by atoms with E-state index < -0.39 is 0 Å². The van der Waals surface area contributed by atoms with E-state index in [1.807, 2.05) is 0 Å². The van der Waals surface area contributed by atoms with E-state index in [4.69, 9.17) is 11.6 Å². The number of hydrogen-bond donors (Lipinski definition) is 1. The number of Topliss-reactive ketones (excluding diaryl/α,β-unsaturated/α-hetero) is 1. The summed E-state index contributed by atoms with van der Waals surface area (Å²) in [6.45, 7) is 1.81. The summed E-state index contributed by atoms with van der Waals surface area (Å²) < 4.78 is 0. The summed E-state index contributed by atoms with van der Waals surface area (Å²) >= 11 is 5.61. The Balaban J connectivity index is 2.42. The Morgan fingerprint density at radius 3 is 3.23 bits per heavy atom. The van der Waals surface area contributed by atoms with Crippen molar-refractivity contribution in [3.8, 4) is 0 Å². The van der Waals surface area contributed by atoms with Crippen LogP contribution in [0.2, 0.25) is 5.28 Å². The Bertz CT molecular complexity index is 366. The van der Waals surface area contributed by atoms with Crippen LogP contribution in [0.4, 0.5) is 5.82 Å². The van der Waals surface area contributed by atoms with Crippen molar-refractivity contribution in [1.82, 2.24) is 9.97 Å². The second kappa shape index (κ2) is 2.96. The molecule has 0 saturated heterocycles. The molecule has 5 heteroatoms. The van der Waals surface area contributed by atoms with Gasteiger partial charge < -0.3 is 5.32 Å². The summed E-state index contributed by atoms with van der Waals surface area (Å²) in [5.74, 6) is 0.825. The van der Waals surface area contributed by atoms with E-state index in [0.29, 0.717) is 12.2 Å². The molecule has 0 aliphatic carbocycles. The molecule has 13 heavy (non-hydrogen) atoms. The first-order valence-electron chi connectivity index (χ1n) is 3.97. The van der Waals surface area contributed by atoms with Crippen LogP contribution in [-0.2, 0) is 11.2 Å². The zero-order chi connectivity index (χ0) is 9.42. The fourth-order valence-corrected chi connectivity index (χ4v) is 1.40. The molecule has 0 spiro atoms. The van der Waals surface area contributed by atoms with Gasteiger partial charge in [-0.25, -0.2) is 9.97 Å². The van der Waals surface area contributed by atoms with Crippen molar-refractivity contribution in [2.75, 3.05) is 5.32 Å². The number of carbonyl (C=O) groups is 1. The number of rotatable bonds is 0. The van der Waals surface area contributed by atoms with Gasteiger partial charge >= 0.3 is 0 Å². The molecule has 0 amide bonds. The van der Waals surface area contributed by atoms with Crippen molar-refractivity contribution in [3.05, 3.63) is 17.0 Å². The van der Waals surface area contributed by atoms with E-state index in [-0.39, 0.29) is 17.1 Å². The van der Waals surface area contributed by atoms with E-state index in [1.54, 1.807) is 13.1 Å². The SMILES string of the molecule is C[C@H]1Nc2nc(Cl)ncc2CC1=O. The molecular formula is C8H8ClN3O. The lowest BCUT2D eigenvalue weighted by atomic mass is 10.0. The highest BCUT2D eigenvalue weighted by Crippen LogP contribution is 2.20. The van der Waals surface area contributed by atoms with Crippen LogP contribution in [0.3, 0.4) is 0 Å². The number of nitrogens with zero attached hydrogens (tertiary/aromatic N) is 2. The molecule has 0 bridgehead atoms. The molecule has 0 radical (unpaired) electrons. The van der Waals surface area contributed by atoms with E-state index in [1.165, 1.54) is 0 Å². The molecule has 1 aliphatic heterocycles. The van der Waals surface area contributed by atoms with Gasteiger partial charge in [0.2, 0.25) is 5.28 Å². The van der Waals surface area contributed by atoms with Crippen LogP contribution in [0.15, 0.2) is 6.20 Å². The number of nitrogens with one attached hydrogen (secondary N) is 1. The zero-order valence-electron chi connectivity index (χ0n) is 7.04. The van der Waals surface area contributed by atoms with Crippen molar-refractivity contribution in [3.63, 3.8) is 0 Å². The summed E-state index contributed by atoms with van der Waals surface area (Å²) in [5.41, 5.74) is 0.813. The largest absolute Gasteiger partial charge is 0.360 e. The lowest BCUT2D eigenvalue weighted by molar-refractivity contribution is -0.119. The second-order valence-corrected chi connectivity index (χ2v) is 3.36. The molecule has 0 fully saturated rings. The third-order valence-electron chi connectivity index (χ3n) is 2.04. The first kappa shape index (κ1) is 8.44. The van der Waals surface area contributed by atoms with Gasteiger partial charge in [-0.2, -0.15) is 0 Å². The molecule has 0 saturated carbocycles. The number of hydrogen-bond acceptors (Lipinski definition) is 4. The van der Waals surface area contributed by atoms with Gasteiger partial charge in [-0.15, -0.1) is 0 Å². The molecular weight excluding hydrogens is 190 g/mol. The predicted octanol–water partition coefficient (Wildman–Crippen LogP) is 1.06. The first-order chi connectivity index (χ1) is 6.16. The summed E-state index contributed by atoms with van der Waals surface area (Å²) in [5, 5.41) is 3.17. The average molecular weight is 198 g/mol. The zero-order valence-corrected chi connectivity index (χ0v) is 7.80. The Hall–Kier alpha value is -1.16. The average Bonchev–Trinajstić information content (AvgIpc) is 2.08. The number of ketones is 1. The lowest BCUT2D eigenvalue weighted by Crippen LogP contribution is -2.33. The number of anilines is 1. The van der Waals surface area contributed by atoms with Crippen molar-refractivity contribution in [2.45, 2.75) is 19.4 Å². The fraction of sp³-hybridized carbons (Fsp3) is 0.375. The van der Waals surface area contributed by atoms with Gasteiger partial charge in [-0.05, 0) is 18.5 Å². The van der Waals surface area contributed by atoms with Gasteiger partial charge in [0.05, 0.1) is 6.04 Å². The van der Waals surface area contributed by atoms with Gasteiger partial charge in [0.1, 0.15) is 5.82 Å². The van der Waals surface area contributed by atoms with Crippen LogP contribution in [0.25, 0.3) is 0 Å². The van der Waals surface area contributed by atoms with Crippen LogP contribution in [0.5, 0.6) is 0 Å². The standard InChI is InChI=1S/C8H8ClN3O/c1-4-6(13)2-5-3-10-8(9)12-7(5)11-4/h3-4H,2H2,1H3,(H,10,11,12)/t4-/m1/s1. The third-order valence-corrected chi connectivity index (χ3v) is 2.22. The molecule has 0 aromatic carbocycles. The number of halogens is 1. The fourth-order valence-electron chi connectivity index (χ4n) is 1.27. The number of fused-ring (bicyclic) bond motifs is 1. The first-order valence-corrected chi connectivity index (χ1v) is 4.35. The van der Waals surface area contributed by atoms with Crippen molar-refractivity contribution < 1.29 is 4.79 Å². The maximum Gasteiger partial charge on any atom is 0.224 e. The van der Waals surface area contributed by atoms with Crippen LogP contribution < -0.4 is 5.32 Å². The number of carbonyl (C=O) groups excluding carboxylic acids is 1. The highest BCUT2D eigenvalue weighted by molar-refractivity contribution is 6.28. The van der Waals surface area contributed by atoms with Gasteiger partial charge in [0.25, 0.3) is 0 Å². The Morgan fingerprint density at radius 1 is 1.69 bits per heavy atom. The van der Waals surface area contributed by atoms with Crippen LogP contribution in [0.1, 0.15) is 12.5 Å². The summed E-state index contributed by atoms with van der Waals surface area (Å²) in [4.78, 5) is 19.1. The quantitative estimate of drug-likeness (QED) is 0.632. The molecule has 1 aliphatic rings. The smallest absolute Gasteiger partial charge is 0.224 e. The maximum atomic E-state index is 11.3. The lowest BCUT2D eigenvalue weighted by Gasteiger charge is -2.21. The van der Waals surface area contributed by atoms with Crippen molar-refractivity contribution in [1.29, 1.82) is 0 Å². The van der Waals surface area contributed by atoms with Crippen molar-refractivity contribution in [2.24, 2.45) is 0 Å². The van der Waals surface area contributed by atoms with E-state index in [9.17, 15) is 4.79 Å². The topological polar surface area (TPSA) is 54.9 Å². The molecule has 1 N–H and O–H groups in total. The minimum atomic E-state index is -0.182. The highest BCUT2D eigenvalue weighted by Gasteiger charge is 2.23. The maximum absolute atomic E-state index is 11.3. The van der Waals surface area contributed by atoms with Crippen LogP contribution >= 0.6 is 11.6 Å². The van der Waals surface area contributed by atoms with Gasteiger partial charge in [0, 0.05) is 18.2 Å². The van der Waals surface area contributed by atoms with E-state index >= 15 is 0 Å². The summed E-state index contributed by atoms with van der Waals surface area (Å²) in [6, 6.07) is -0.182. The molecule has 2 heterocycles. The molecule has 68 valence electrons. The Kier molecular flexibility index (Phi) is 1.92. The normalized spacial score (nSPS) is 20.8. The third kappa shape index (κ3) is 1.49. The Labute approximate surface area is 80.3 Å². The van der Waals surface area contributed by atoms with Gasteiger partial charge in [0.15, 0.2) is 5.78 Å². The van der Waals surface area contributed by atoms with Crippen LogP contribution in [0, 0.1) is 0 Å². The number of aromatic nitrogens is 2. The second-order valence-electron chi connectivity index (χ2n) is 3.02. The van der Waals surface area contributed by atoms with E-state index in [2.05, 4.69) is 15.3 Å². The summed E-state index contributed by atoms with van der Waals surface area (Å²) in [7, 11) is 0. The minimum absolute atomic E-state index is 0.151. The van der Waals surface area contributed by atoms with Gasteiger partial charge in [-0.1, -0.05) is 0 Å². The molecule has 1 atom stereocenters. The monoisotopic (exact) mass is 197 g/mol. The molecule has 4 nitrogen and oxygen atoms in total. The molecule has 0 unspecified atom stereocenters. The van der Waals surface area contributed by atoms with Gasteiger partial charge in [-0.3, -0.25) is 4.79 Å². The minimum Gasteiger partial charge on any atom is -0.360 e. The predicted molar refractivity (Wildman–Crippen MR) is 48.8 cm³/mol. The molecule has 1 aromatic heterocycles. The summed E-state index contributed by atoms with van der Waals surface area (Å²) in [6.07, 6.45) is 1.97. The van der Waals surface area contributed by atoms with E-state index in [0.717, 1.165) is 5.56 Å².